The topological polar surface area (TPSA) is 79.4 Å². The van der Waals surface area contributed by atoms with Crippen molar-refractivity contribution in [1.29, 1.82) is 0 Å². The summed E-state index contributed by atoms with van der Waals surface area (Å²) in [6.45, 7) is 3.38. The maximum Gasteiger partial charge on any atom is 0.358 e. The number of hydrogen-bond acceptors (Lipinski definition) is 5. The largest absolute Gasteiger partial charge is 0.461 e. The second kappa shape index (κ2) is 4.52. The molecule has 0 radical (unpaired) electrons. The zero-order valence-electron chi connectivity index (χ0n) is 9.18. The van der Waals surface area contributed by atoms with Crippen LogP contribution in [0.5, 0.6) is 0 Å². The SMILES string of the molecule is CCOC(=O)c1cc(N)n([C@@H]2CCOC2)n1. The van der Waals surface area contributed by atoms with Crippen molar-refractivity contribution in [1.82, 2.24) is 9.78 Å². The average Bonchev–Trinajstić information content (AvgIpc) is 2.86. The third-order valence-electron chi connectivity index (χ3n) is 2.50. The molecule has 0 spiro atoms. The van der Waals surface area contributed by atoms with E-state index >= 15 is 0 Å². The van der Waals surface area contributed by atoms with Crippen molar-refractivity contribution in [2.24, 2.45) is 0 Å². The van der Waals surface area contributed by atoms with Gasteiger partial charge in [-0.25, -0.2) is 9.48 Å². The van der Waals surface area contributed by atoms with Gasteiger partial charge in [-0.1, -0.05) is 0 Å². The van der Waals surface area contributed by atoms with Crippen molar-refractivity contribution >= 4 is 11.8 Å². The molecule has 0 amide bonds. The van der Waals surface area contributed by atoms with Crippen LogP contribution in [0.3, 0.4) is 0 Å². The van der Waals surface area contributed by atoms with E-state index in [1.807, 2.05) is 0 Å². The van der Waals surface area contributed by atoms with Gasteiger partial charge < -0.3 is 15.2 Å². The predicted molar refractivity (Wildman–Crippen MR) is 57.1 cm³/mol. The highest BCUT2D eigenvalue weighted by molar-refractivity contribution is 5.88. The van der Waals surface area contributed by atoms with Gasteiger partial charge >= 0.3 is 5.97 Å². The third-order valence-corrected chi connectivity index (χ3v) is 2.50. The van der Waals surface area contributed by atoms with Gasteiger partial charge in [-0.3, -0.25) is 0 Å². The van der Waals surface area contributed by atoms with Gasteiger partial charge in [0.1, 0.15) is 5.82 Å². The molecular weight excluding hydrogens is 210 g/mol. The van der Waals surface area contributed by atoms with E-state index in [0.717, 1.165) is 6.42 Å². The van der Waals surface area contributed by atoms with Gasteiger partial charge in [0, 0.05) is 12.7 Å². The van der Waals surface area contributed by atoms with Gasteiger partial charge in [-0.15, -0.1) is 0 Å². The normalized spacial score (nSPS) is 19.9. The molecule has 1 saturated heterocycles. The molecule has 6 nitrogen and oxygen atoms in total. The van der Waals surface area contributed by atoms with E-state index in [0.29, 0.717) is 25.6 Å². The second-order valence-corrected chi connectivity index (χ2v) is 3.64. The highest BCUT2D eigenvalue weighted by atomic mass is 16.5. The maximum absolute atomic E-state index is 11.4. The fourth-order valence-electron chi connectivity index (χ4n) is 1.72. The minimum absolute atomic E-state index is 0.128. The summed E-state index contributed by atoms with van der Waals surface area (Å²) in [7, 11) is 0. The Kier molecular flexibility index (Phi) is 3.09. The lowest BCUT2D eigenvalue weighted by Crippen LogP contribution is -2.14. The first-order valence-electron chi connectivity index (χ1n) is 5.32. The molecule has 1 fully saturated rings. The molecule has 1 aromatic rings. The summed E-state index contributed by atoms with van der Waals surface area (Å²) >= 11 is 0. The van der Waals surface area contributed by atoms with Crippen LogP contribution in [0.25, 0.3) is 0 Å². The number of nitrogen functional groups attached to an aromatic ring is 1. The van der Waals surface area contributed by atoms with Crippen molar-refractivity contribution in [2.45, 2.75) is 19.4 Å². The van der Waals surface area contributed by atoms with Crippen molar-refractivity contribution < 1.29 is 14.3 Å². The minimum atomic E-state index is -0.438. The first-order valence-corrected chi connectivity index (χ1v) is 5.32. The van der Waals surface area contributed by atoms with Crippen LogP contribution in [0.15, 0.2) is 6.07 Å². The smallest absolute Gasteiger partial charge is 0.358 e. The highest BCUT2D eigenvalue weighted by Gasteiger charge is 2.22. The molecule has 88 valence electrons. The second-order valence-electron chi connectivity index (χ2n) is 3.64. The van der Waals surface area contributed by atoms with Crippen LogP contribution in [0.4, 0.5) is 5.82 Å². The van der Waals surface area contributed by atoms with E-state index in [9.17, 15) is 4.79 Å². The first-order chi connectivity index (χ1) is 7.72. The Balaban J connectivity index is 2.17. The van der Waals surface area contributed by atoms with Crippen molar-refractivity contribution in [2.75, 3.05) is 25.6 Å². The van der Waals surface area contributed by atoms with Crippen LogP contribution in [-0.4, -0.2) is 35.6 Å². The molecular formula is C10H15N3O3. The number of anilines is 1. The number of hydrogen-bond donors (Lipinski definition) is 1. The van der Waals surface area contributed by atoms with Crippen molar-refractivity contribution in [3.8, 4) is 0 Å². The number of ether oxygens (including phenoxy) is 2. The van der Waals surface area contributed by atoms with Gasteiger partial charge in [0.15, 0.2) is 5.69 Å². The zero-order chi connectivity index (χ0) is 11.5. The number of aromatic nitrogens is 2. The number of nitrogens with two attached hydrogens (primary N) is 1. The van der Waals surface area contributed by atoms with E-state index in [1.54, 1.807) is 11.6 Å². The Bertz CT molecular complexity index is 383. The third kappa shape index (κ3) is 2.01. The minimum Gasteiger partial charge on any atom is -0.461 e. The average molecular weight is 225 g/mol. The lowest BCUT2D eigenvalue weighted by Gasteiger charge is -2.09. The quantitative estimate of drug-likeness (QED) is 0.762. The predicted octanol–water partition coefficient (Wildman–Crippen LogP) is 0.603. The molecule has 1 aliphatic rings. The summed E-state index contributed by atoms with van der Waals surface area (Å²) in [5.74, 6) is 0.0328. The Hall–Kier alpha value is -1.56. The van der Waals surface area contributed by atoms with Gasteiger partial charge in [0.25, 0.3) is 0 Å². The molecule has 2 rings (SSSR count). The Morgan fingerprint density at radius 3 is 3.25 bits per heavy atom. The van der Waals surface area contributed by atoms with Crippen LogP contribution < -0.4 is 5.73 Å². The molecule has 2 N–H and O–H groups in total. The van der Waals surface area contributed by atoms with E-state index < -0.39 is 5.97 Å². The molecule has 6 heteroatoms. The lowest BCUT2D eigenvalue weighted by molar-refractivity contribution is 0.0518. The summed E-state index contributed by atoms with van der Waals surface area (Å²) in [6.07, 6.45) is 0.869. The fraction of sp³-hybridized carbons (Fsp3) is 0.600. The molecule has 0 aliphatic carbocycles. The van der Waals surface area contributed by atoms with Gasteiger partial charge in [-0.2, -0.15) is 5.10 Å². The lowest BCUT2D eigenvalue weighted by atomic mass is 10.3. The van der Waals surface area contributed by atoms with Gasteiger partial charge in [0.2, 0.25) is 0 Å². The maximum atomic E-state index is 11.4. The van der Waals surface area contributed by atoms with E-state index in [-0.39, 0.29) is 11.7 Å². The first kappa shape index (κ1) is 10.9. The molecule has 0 saturated carbocycles. The molecule has 0 bridgehead atoms. The summed E-state index contributed by atoms with van der Waals surface area (Å²) in [4.78, 5) is 11.4. The molecule has 1 aromatic heterocycles. The van der Waals surface area contributed by atoms with Crippen LogP contribution in [-0.2, 0) is 9.47 Å². The Morgan fingerprint density at radius 2 is 2.62 bits per heavy atom. The van der Waals surface area contributed by atoms with E-state index in [2.05, 4.69) is 5.10 Å². The molecule has 1 atom stereocenters. The number of carbonyl (C=O) groups is 1. The van der Waals surface area contributed by atoms with E-state index in [4.69, 9.17) is 15.2 Å². The molecule has 0 aromatic carbocycles. The summed E-state index contributed by atoms with van der Waals surface area (Å²) in [6, 6.07) is 1.67. The summed E-state index contributed by atoms with van der Waals surface area (Å²) in [5, 5.41) is 4.15. The molecule has 1 aliphatic heterocycles. The molecule has 2 heterocycles. The summed E-state index contributed by atoms with van der Waals surface area (Å²) < 4.78 is 11.7. The van der Waals surface area contributed by atoms with Crippen LogP contribution in [0, 0.1) is 0 Å². The van der Waals surface area contributed by atoms with Crippen LogP contribution in [0.1, 0.15) is 29.9 Å². The number of carbonyl (C=O) groups excluding carboxylic acids is 1. The van der Waals surface area contributed by atoms with Gasteiger partial charge in [0.05, 0.1) is 19.3 Å². The number of nitrogens with zero attached hydrogens (tertiary/aromatic N) is 2. The summed E-state index contributed by atoms with van der Waals surface area (Å²) in [5.41, 5.74) is 6.05. The standard InChI is InChI=1S/C10H15N3O3/c1-2-16-10(14)8-5-9(11)13(12-8)7-3-4-15-6-7/h5,7H,2-4,6,11H2,1H3/t7-/m1/s1. The zero-order valence-corrected chi connectivity index (χ0v) is 9.18. The van der Waals surface area contributed by atoms with E-state index in [1.165, 1.54) is 6.07 Å². The Labute approximate surface area is 93.3 Å². The highest BCUT2D eigenvalue weighted by Crippen LogP contribution is 2.22. The monoisotopic (exact) mass is 225 g/mol. The number of esters is 1. The van der Waals surface area contributed by atoms with Crippen molar-refractivity contribution in [3.05, 3.63) is 11.8 Å². The number of rotatable bonds is 3. The molecule has 16 heavy (non-hydrogen) atoms. The van der Waals surface area contributed by atoms with Crippen molar-refractivity contribution in [3.63, 3.8) is 0 Å². The van der Waals surface area contributed by atoms with Crippen LogP contribution >= 0.6 is 0 Å². The van der Waals surface area contributed by atoms with Crippen LogP contribution in [0.2, 0.25) is 0 Å². The fourth-order valence-corrected chi connectivity index (χ4v) is 1.72. The Morgan fingerprint density at radius 1 is 1.81 bits per heavy atom. The van der Waals surface area contributed by atoms with Gasteiger partial charge in [-0.05, 0) is 13.3 Å². The molecule has 0 unspecified atom stereocenters.